The largest absolute Gasteiger partial charge is 0.318 e. The van der Waals surface area contributed by atoms with Crippen LogP contribution in [0.1, 0.15) is 5.56 Å². The maximum absolute atomic E-state index is 13.4. The molecule has 16 heavy (non-hydrogen) atoms. The van der Waals surface area contributed by atoms with Crippen molar-refractivity contribution in [2.45, 2.75) is 11.7 Å². The number of alkyl halides is 4. The van der Waals surface area contributed by atoms with Crippen molar-refractivity contribution in [3.63, 3.8) is 0 Å². The fraction of sp³-hybridized carbons (Fsp3) is 0.333. The lowest BCUT2D eigenvalue weighted by Gasteiger charge is -2.20. The van der Waals surface area contributed by atoms with Crippen molar-refractivity contribution >= 4 is 11.6 Å². The average Bonchev–Trinajstić information content (AvgIpc) is 2.21. The second kappa shape index (κ2) is 4.97. The summed E-state index contributed by atoms with van der Waals surface area (Å²) in [5, 5.41) is -3.46. The Morgan fingerprint density at radius 2 is 2.00 bits per heavy atom. The van der Waals surface area contributed by atoms with Gasteiger partial charge in [0.1, 0.15) is 6.67 Å². The molecule has 1 nitrogen and oxygen atoms in total. The SMILES string of the molecule is FCC(F)OC(F)(Cl)c1cccc(F)c1F. The zero-order chi connectivity index (χ0) is 12.3. The van der Waals surface area contributed by atoms with Crippen molar-refractivity contribution in [2.24, 2.45) is 0 Å². The van der Waals surface area contributed by atoms with Gasteiger partial charge in [-0.2, -0.15) is 4.39 Å². The quantitative estimate of drug-likeness (QED) is 0.594. The van der Waals surface area contributed by atoms with Crippen molar-refractivity contribution in [3.05, 3.63) is 35.4 Å². The van der Waals surface area contributed by atoms with E-state index < -0.39 is 35.5 Å². The molecule has 2 atom stereocenters. The van der Waals surface area contributed by atoms with Gasteiger partial charge in [0.05, 0.1) is 5.56 Å². The van der Waals surface area contributed by atoms with Gasteiger partial charge >= 0.3 is 5.31 Å². The molecule has 0 heterocycles. The van der Waals surface area contributed by atoms with Gasteiger partial charge in [0, 0.05) is 0 Å². The number of hydrogen-bond donors (Lipinski definition) is 0. The van der Waals surface area contributed by atoms with E-state index in [0.29, 0.717) is 6.07 Å². The van der Waals surface area contributed by atoms with Gasteiger partial charge in [-0.25, -0.2) is 17.6 Å². The van der Waals surface area contributed by atoms with Gasteiger partial charge in [0.15, 0.2) is 11.6 Å². The van der Waals surface area contributed by atoms with Crippen LogP contribution in [-0.4, -0.2) is 13.0 Å². The lowest BCUT2D eigenvalue weighted by molar-refractivity contribution is -0.178. The van der Waals surface area contributed by atoms with Crippen LogP contribution >= 0.6 is 11.6 Å². The first kappa shape index (κ1) is 13.2. The molecule has 0 spiro atoms. The Labute approximate surface area is 92.8 Å². The summed E-state index contributed by atoms with van der Waals surface area (Å²) in [7, 11) is 0. The molecule has 0 aliphatic rings. The second-order valence-electron chi connectivity index (χ2n) is 2.80. The summed E-state index contributed by atoms with van der Waals surface area (Å²) < 4.78 is 67.1. The second-order valence-corrected chi connectivity index (χ2v) is 3.29. The molecule has 0 amide bonds. The molecule has 90 valence electrons. The minimum absolute atomic E-state index is 0.716. The first-order valence-corrected chi connectivity index (χ1v) is 4.46. The van der Waals surface area contributed by atoms with E-state index in [1.54, 1.807) is 0 Å². The summed E-state index contributed by atoms with van der Waals surface area (Å²) in [6, 6.07) is 2.43. The molecular formula is C9H6ClF5O. The van der Waals surface area contributed by atoms with E-state index >= 15 is 0 Å². The highest BCUT2D eigenvalue weighted by atomic mass is 35.5. The van der Waals surface area contributed by atoms with Crippen molar-refractivity contribution in [1.29, 1.82) is 0 Å². The Balaban J connectivity index is 3.02. The molecule has 0 fully saturated rings. The van der Waals surface area contributed by atoms with Crippen LogP contribution in [0.2, 0.25) is 0 Å². The molecular weight excluding hydrogens is 255 g/mol. The maximum Gasteiger partial charge on any atom is 0.318 e. The number of rotatable bonds is 4. The van der Waals surface area contributed by atoms with Crippen LogP contribution in [0.15, 0.2) is 18.2 Å². The van der Waals surface area contributed by atoms with Crippen LogP contribution in [0.3, 0.4) is 0 Å². The average molecular weight is 261 g/mol. The predicted molar refractivity (Wildman–Crippen MR) is 47.0 cm³/mol. The van der Waals surface area contributed by atoms with E-state index in [2.05, 4.69) is 4.74 Å². The zero-order valence-corrected chi connectivity index (χ0v) is 8.45. The fourth-order valence-electron chi connectivity index (χ4n) is 0.984. The van der Waals surface area contributed by atoms with Crippen LogP contribution in [0.25, 0.3) is 0 Å². The van der Waals surface area contributed by atoms with Crippen molar-refractivity contribution in [2.75, 3.05) is 6.67 Å². The summed E-state index contributed by atoms with van der Waals surface area (Å²) in [5.74, 6) is -2.99. The molecule has 0 aliphatic carbocycles. The maximum atomic E-state index is 13.4. The van der Waals surface area contributed by atoms with Crippen molar-refractivity contribution < 1.29 is 26.7 Å². The third kappa shape index (κ3) is 2.82. The van der Waals surface area contributed by atoms with Gasteiger partial charge in [0.2, 0.25) is 6.36 Å². The molecule has 0 radical (unpaired) electrons. The Kier molecular flexibility index (Phi) is 4.09. The van der Waals surface area contributed by atoms with Crippen LogP contribution in [0, 0.1) is 11.6 Å². The molecule has 1 aromatic rings. The minimum atomic E-state index is -3.46. The first-order chi connectivity index (χ1) is 7.38. The highest BCUT2D eigenvalue weighted by Crippen LogP contribution is 2.36. The van der Waals surface area contributed by atoms with Gasteiger partial charge < -0.3 is 0 Å². The molecule has 2 unspecified atom stereocenters. The monoisotopic (exact) mass is 260 g/mol. The molecule has 0 saturated carbocycles. The summed E-state index contributed by atoms with van der Waals surface area (Å²) in [4.78, 5) is 0. The van der Waals surface area contributed by atoms with Crippen LogP contribution in [0.4, 0.5) is 22.0 Å². The summed E-state index contributed by atoms with van der Waals surface area (Å²) in [6.07, 6.45) is -2.66. The third-order valence-electron chi connectivity index (χ3n) is 1.66. The molecule has 1 rings (SSSR count). The number of hydrogen-bond acceptors (Lipinski definition) is 1. The van der Waals surface area contributed by atoms with Crippen LogP contribution in [-0.2, 0) is 10.1 Å². The fourth-order valence-corrected chi connectivity index (χ4v) is 1.23. The first-order valence-electron chi connectivity index (χ1n) is 4.08. The summed E-state index contributed by atoms with van der Waals surface area (Å²) >= 11 is 5.01. The highest BCUT2D eigenvalue weighted by Gasteiger charge is 2.37. The Hall–Kier alpha value is -0.880. The van der Waals surface area contributed by atoms with Crippen molar-refractivity contribution in [3.8, 4) is 0 Å². The van der Waals surface area contributed by atoms with E-state index in [0.717, 1.165) is 12.1 Å². The molecule has 1 aromatic carbocycles. The van der Waals surface area contributed by atoms with Gasteiger partial charge in [-0.05, 0) is 23.7 Å². The smallest absolute Gasteiger partial charge is 0.292 e. The topological polar surface area (TPSA) is 9.23 Å². The van der Waals surface area contributed by atoms with Crippen molar-refractivity contribution in [1.82, 2.24) is 0 Å². The standard InChI is InChI=1S/C9H6ClF5O/c10-9(15,16-7(13)4-11)5-2-1-3-6(12)8(5)14/h1-3,7H,4H2. The highest BCUT2D eigenvalue weighted by molar-refractivity contribution is 6.21. The predicted octanol–water partition coefficient (Wildman–Crippen LogP) is 3.57. The lowest BCUT2D eigenvalue weighted by Crippen LogP contribution is -2.25. The van der Waals surface area contributed by atoms with E-state index in [-0.39, 0.29) is 0 Å². The molecule has 0 bridgehead atoms. The van der Waals surface area contributed by atoms with Gasteiger partial charge in [0.25, 0.3) is 0 Å². The van der Waals surface area contributed by atoms with E-state index in [4.69, 9.17) is 11.6 Å². The molecule has 0 aliphatic heterocycles. The minimum Gasteiger partial charge on any atom is -0.292 e. The zero-order valence-electron chi connectivity index (χ0n) is 7.69. The summed E-state index contributed by atoms with van der Waals surface area (Å²) in [6.45, 7) is -1.66. The van der Waals surface area contributed by atoms with Crippen LogP contribution in [0.5, 0.6) is 0 Å². The van der Waals surface area contributed by atoms with Gasteiger partial charge in [-0.1, -0.05) is 6.07 Å². The molecule has 0 aromatic heterocycles. The van der Waals surface area contributed by atoms with E-state index in [1.165, 1.54) is 0 Å². The Bertz CT molecular complexity index is 371. The molecule has 0 N–H and O–H groups in total. The van der Waals surface area contributed by atoms with E-state index in [9.17, 15) is 22.0 Å². The van der Waals surface area contributed by atoms with Gasteiger partial charge in [-0.3, -0.25) is 4.74 Å². The molecule has 7 heteroatoms. The Morgan fingerprint density at radius 1 is 1.38 bits per heavy atom. The van der Waals surface area contributed by atoms with E-state index in [1.807, 2.05) is 0 Å². The number of benzene rings is 1. The normalized spacial score (nSPS) is 16.9. The third-order valence-corrected chi connectivity index (χ3v) is 1.96. The van der Waals surface area contributed by atoms with Gasteiger partial charge in [-0.15, -0.1) is 0 Å². The molecule has 0 saturated heterocycles. The van der Waals surface area contributed by atoms with Crippen LogP contribution < -0.4 is 0 Å². The Morgan fingerprint density at radius 3 is 2.56 bits per heavy atom. The number of ether oxygens (including phenoxy) is 1. The lowest BCUT2D eigenvalue weighted by atomic mass is 10.2. The summed E-state index contributed by atoms with van der Waals surface area (Å²) in [5.41, 5.74) is -1.05. The number of halogens is 6.